The SMILES string of the molecule is CC1CCCCN1c1ncnc(NNC(=O)c2ccccc2[N+](=O)[O-])c1[N+](=O)[O-]. The second kappa shape index (κ2) is 8.46. The van der Waals surface area contributed by atoms with Crippen LogP contribution in [0.3, 0.4) is 0 Å². The molecule has 1 saturated heterocycles. The number of nitro benzene ring substituents is 1. The van der Waals surface area contributed by atoms with Crippen LogP contribution in [0.4, 0.5) is 23.0 Å². The number of hydrazine groups is 1. The van der Waals surface area contributed by atoms with Crippen molar-refractivity contribution in [2.45, 2.75) is 32.2 Å². The predicted octanol–water partition coefficient (Wildman–Crippen LogP) is 2.43. The molecular weight excluding hydrogens is 382 g/mol. The van der Waals surface area contributed by atoms with Crippen molar-refractivity contribution in [2.24, 2.45) is 0 Å². The standard InChI is InChI=1S/C17H19N7O5/c1-11-6-4-5-9-22(11)16-14(24(28)29)15(18-10-19-16)20-21-17(25)12-7-2-3-8-13(12)23(26)27/h2-3,7-8,10-11H,4-6,9H2,1H3,(H,21,25)(H,18,19,20). The Bertz CT molecular complexity index is 952. The van der Waals surface area contributed by atoms with E-state index in [4.69, 9.17) is 0 Å². The number of aromatic nitrogens is 2. The van der Waals surface area contributed by atoms with E-state index in [9.17, 15) is 25.0 Å². The number of piperidine rings is 1. The highest BCUT2D eigenvalue weighted by Crippen LogP contribution is 2.34. The highest BCUT2D eigenvalue weighted by atomic mass is 16.6. The van der Waals surface area contributed by atoms with Gasteiger partial charge in [-0.1, -0.05) is 12.1 Å². The van der Waals surface area contributed by atoms with Gasteiger partial charge in [-0.05, 0) is 32.3 Å². The number of carbonyl (C=O) groups is 1. The topological polar surface area (TPSA) is 156 Å². The van der Waals surface area contributed by atoms with Gasteiger partial charge in [-0.25, -0.2) is 9.97 Å². The Morgan fingerprint density at radius 1 is 1.17 bits per heavy atom. The Balaban J connectivity index is 1.86. The van der Waals surface area contributed by atoms with Crippen LogP contribution >= 0.6 is 0 Å². The van der Waals surface area contributed by atoms with E-state index in [2.05, 4.69) is 20.8 Å². The molecule has 12 heteroatoms. The monoisotopic (exact) mass is 401 g/mol. The molecule has 1 amide bonds. The summed E-state index contributed by atoms with van der Waals surface area (Å²) in [5.74, 6) is -0.859. The molecule has 0 bridgehead atoms. The Morgan fingerprint density at radius 2 is 1.93 bits per heavy atom. The molecule has 152 valence electrons. The predicted molar refractivity (Wildman–Crippen MR) is 104 cm³/mol. The lowest BCUT2D eigenvalue weighted by Gasteiger charge is -2.33. The van der Waals surface area contributed by atoms with Crippen LogP contribution in [0, 0.1) is 20.2 Å². The van der Waals surface area contributed by atoms with Crippen LogP contribution in [0.2, 0.25) is 0 Å². The summed E-state index contributed by atoms with van der Waals surface area (Å²) in [6.07, 6.45) is 3.98. The average Bonchev–Trinajstić information content (AvgIpc) is 2.71. The summed E-state index contributed by atoms with van der Waals surface area (Å²) in [6.45, 7) is 2.59. The third kappa shape index (κ3) is 4.20. The molecule has 0 saturated carbocycles. The number of carbonyl (C=O) groups excluding carboxylic acids is 1. The molecule has 1 aromatic carbocycles. The van der Waals surface area contributed by atoms with E-state index in [1.165, 1.54) is 30.6 Å². The first-order valence-corrected chi connectivity index (χ1v) is 8.96. The van der Waals surface area contributed by atoms with Gasteiger partial charge in [0.25, 0.3) is 11.6 Å². The average molecular weight is 401 g/mol. The van der Waals surface area contributed by atoms with Crippen LogP contribution in [0.1, 0.15) is 36.5 Å². The summed E-state index contributed by atoms with van der Waals surface area (Å²) in [6, 6.07) is 5.46. The van der Waals surface area contributed by atoms with Gasteiger partial charge in [-0.15, -0.1) is 0 Å². The second-order valence-corrected chi connectivity index (χ2v) is 6.54. The maximum Gasteiger partial charge on any atom is 0.355 e. The third-order valence-corrected chi connectivity index (χ3v) is 4.70. The van der Waals surface area contributed by atoms with Crippen molar-refractivity contribution in [1.82, 2.24) is 15.4 Å². The zero-order valence-corrected chi connectivity index (χ0v) is 15.6. The van der Waals surface area contributed by atoms with Gasteiger partial charge >= 0.3 is 5.69 Å². The minimum absolute atomic E-state index is 0.0757. The van der Waals surface area contributed by atoms with Crippen molar-refractivity contribution >= 4 is 28.9 Å². The van der Waals surface area contributed by atoms with Gasteiger partial charge in [-0.3, -0.25) is 35.9 Å². The van der Waals surface area contributed by atoms with Gasteiger partial charge in [0.2, 0.25) is 11.6 Å². The van der Waals surface area contributed by atoms with Crippen LogP contribution in [-0.4, -0.2) is 38.3 Å². The molecule has 2 heterocycles. The van der Waals surface area contributed by atoms with Crippen molar-refractivity contribution in [3.63, 3.8) is 0 Å². The molecule has 0 radical (unpaired) electrons. The minimum atomic E-state index is -0.821. The highest BCUT2D eigenvalue weighted by molar-refractivity contribution is 5.98. The number of benzene rings is 1. The van der Waals surface area contributed by atoms with E-state index in [0.717, 1.165) is 19.3 Å². The second-order valence-electron chi connectivity index (χ2n) is 6.54. The summed E-state index contributed by atoms with van der Waals surface area (Å²) >= 11 is 0. The van der Waals surface area contributed by atoms with Crippen molar-refractivity contribution in [3.05, 3.63) is 56.4 Å². The molecule has 29 heavy (non-hydrogen) atoms. The molecule has 1 unspecified atom stereocenters. The lowest BCUT2D eigenvalue weighted by molar-refractivity contribution is -0.385. The highest BCUT2D eigenvalue weighted by Gasteiger charge is 2.31. The molecule has 12 nitrogen and oxygen atoms in total. The van der Waals surface area contributed by atoms with Gasteiger partial charge in [0.1, 0.15) is 11.9 Å². The number of nitro groups is 2. The molecule has 3 rings (SSSR count). The first-order valence-electron chi connectivity index (χ1n) is 8.96. The van der Waals surface area contributed by atoms with Crippen LogP contribution < -0.4 is 15.8 Å². The Morgan fingerprint density at radius 3 is 2.62 bits per heavy atom. The van der Waals surface area contributed by atoms with Gasteiger partial charge < -0.3 is 4.90 Å². The normalized spacial score (nSPS) is 16.2. The number of nitrogens with zero attached hydrogens (tertiary/aromatic N) is 5. The summed E-state index contributed by atoms with van der Waals surface area (Å²) in [4.78, 5) is 43.7. The number of hydrogen-bond acceptors (Lipinski definition) is 9. The van der Waals surface area contributed by atoms with Crippen LogP contribution in [0.5, 0.6) is 0 Å². The summed E-state index contributed by atoms with van der Waals surface area (Å²) in [5.41, 5.74) is 3.71. The van der Waals surface area contributed by atoms with Gasteiger partial charge in [0.15, 0.2) is 0 Å². The molecule has 2 N–H and O–H groups in total. The molecule has 0 spiro atoms. The first kappa shape index (κ1) is 19.9. The number of hydrogen-bond donors (Lipinski definition) is 2. The maximum atomic E-state index is 12.4. The maximum absolute atomic E-state index is 12.4. The molecule has 1 aliphatic rings. The number of para-hydroxylation sites is 1. The van der Waals surface area contributed by atoms with E-state index < -0.39 is 15.8 Å². The number of nitrogens with one attached hydrogen (secondary N) is 2. The minimum Gasteiger partial charge on any atom is -0.348 e. The van der Waals surface area contributed by atoms with E-state index in [0.29, 0.717) is 6.54 Å². The summed E-state index contributed by atoms with van der Waals surface area (Å²) < 4.78 is 0. The lowest BCUT2D eigenvalue weighted by atomic mass is 10.0. The van der Waals surface area contributed by atoms with E-state index in [1.54, 1.807) is 0 Å². The first-order chi connectivity index (χ1) is 13.9. The zero-order valence-electron chi connectivity index (χ0n) is 15.6. The molecule has 1 aliphatic heterocycles. The number of amides is 1. The smallest absolute Gasteiger partial charge is 0.348 e. The Hall–Kier alpha value is -3.83. The molecule has 0 aliphatic carbocycles. The van der Waals surface area contributed by atoms with Crippen molar-refractivity contribution in [1.29, 1.82) is 0 Å². The largest absolute Gasteiger partial charge is 0.355 e. The van der Waals surface area contributed by atoms with Crippen LogP contribution in [0.15, 0.2) is 30.6 Å². The molecule has 1 atom stereocenters. The molecule has 2 aromatic rings. The van der Waals surface area contributed by atoms with Gasteiger partial charge in [-0.2, -0.15) is 0 Å². The van der Waals surface area contributed by atoms with Crippen LogP contribution in [0.25, 0.3) is 0 Å². The molecular formula is C17H19N7O5. The van der Waals surface area contributed by atoms with Crippen molar-refractivity contribution in [2.75, 3.05) is 16.9 Å². The summed E-state index contributed by atoms with van der Waals surface area (Å²) in [5, 5.41) is 22.8. The fraction of sp³-hybridized carbons (Fsp3) is 0.353. The Labute approximate surface area is 165 Å². The quantitative estimate of drug-likeness (QED) is 0.548. The fourth-order valence-electron chi connectivity index (χ4n) is 3.26. The van der Waals surface area contributed by atoms with Gasteiger partial charge in [0, 0.05) is 18.7 Å². The molecule has 1 aromatic heterocycles. The van der Waals surface area contributed by atoms with E-state index >= 15 is 0 Å². The van der Waals surface area contributed by atoms with E-state index in [1.807, 2.05) is 11.8 Å². The van der Waals surface area contributed by atoms with Gasteiger partial charge in [0.05, 0.1) is 9.85 Å². The third-order valence-electron chi connectivity index (χ3n) is 4.70. The summed E-state index contributed by atoms with van der Waals surface area (Å²) in [7, 11) is 0. The lowest BCUT2D eigenvalue weighted by Crippen LogP contribution is -2.38. The Kier molecular flexibility index (Phi) is 5.81. The zero-order chi connectivity index (χ0) is 21.0. The number of anilines is 2. The van der Waals surface area contributed by atoms with Crippen molar-refractivity contribution in [3.8, 4) is 0 Å². The van der Waals surface area contributed by atoms with Crippen molar-refractivity contribution < 1.29 is 14.6 Å². The van der Waals surface area contributed by atoms with E-state index in [-0.39, 0.29) is 34.6 Å². The molecule has 1 fully saturated rings. The fourth-order valence-corrected chi connectivity index (χ4v) is 3.26. The number of rotatable bonds is 6. The van der Waals surface area contributed by atoms with Crippen LogP contribution in [-0.2, 0) is 0 Å².